The van der Waals surface area contributed by atoms with E-state index in [1.807, 2.05) is 0 Å². The van der Waals surface area contributed by atoms with Gasteiger partial charge in [0.2, 0.25) is 0 Å². The molecule has 0 aromatic heterocycles. The van der Waals surface area contributed by atoms with Gasteiger partial charge in [-0.1, -0.05) is 0 Å². The van der Waals surface area contributed by atoms with Gasteiger partial charge in [0, 0.05) is 17.9 Å². The molecule has 0 aliphatic carbocycles. The van der Waals surface area contributed by atoms with Crippen molar-refractivity contribution in [2.75, 3.05) is 19.3 Å². The van der Waals surface area contributed by atoms with Crippen molar-refractivity contribution >= 4 is 28.2 Å². The Balaban J connectivity index is 0.00000200. The van der Waals surface area contributed by atoms with Gasteiger partial charge >= 0.3 is 0 Å². The quantitative estimate of drug-likeness (QED) is 0.871. The predicted octanol–water partition coefficient (Wildman–Crippen LogP) is 0.994. The first kappa shape index (κ1) is 16.9. The molecule has 0 atom stereocenters. The van der Waals surface area contributed by atoms with Crippen molar-refractivity contribution in [2.45, 2.75) is 23.8 Å². The van der Waals surface area contributed by atoms with E-state index in [4.69, 9.17) is 0 Å². The molecule has 2 N–H and O–H groups in total. The summed E-state index contributed by atoms with van der Waals surface area (Å²) < 4.78 is 22.6. The summed E-state index contributed by atoms with van der Waals surface area (Å²) in [6.07, 6.45) is 3.00. The van der Waals surface area contributed by atoms with E-state index in [0.717, 1.165) is 32.2 Å². The van der Waals surface area contributed by atoms with Crippen LogP contribution >= 0.6 is 12.4 Å². The van der Waals surface area contributed by atoms with Crippen molar-refractivity contribution in [1.82, 2.24) is 10.6 Å². The number of rotatable bonds is 3. The van der Waals surface area contributed by atoms with E-state index in [1.54, 1.807) is 12.1 Å². The molecule has 5 nitrogen and oxygen atoms in total. The largest absolute Gasteiger partial charge is 0.349 e. The second-order valence-electron chi connectivity index (χ2n) is 4.79. The van der Waals surface area contributed by atoms with Crippen LogP contribution in [0.1, 0.15) is 23.2 Å². The van der Waals surface area contributed by atoms with Crippen LogP contribution in [0.25, 0.3) is 0 Å². The van der Waals surface area contributed by atoms with Crippen LogP contribution in [0.5, 0.6) is 0 Å². The van der Waals surface area contributed by atoms with Gasteiger partial charge in [0.15, 0.2) is 9.84 Å². The molecule has 1 aliphatic heterocycles. The van der Waals surface area contributed by atoms with Gasteiger partial charge < -0.3 is 10.6 Å². The molecule has 1 aliphatic rings. The third-order valence-corrected chi connectivity index (χ3v) is 4.35. The predicted molar refractivity (Wildman–Crippen MR) is 80.2 cm³/mol. The molecule has 0 saturated carbocycles. The average molecular weight is 319 g/mol. The SMILES string of the molecule is CS(=O)(=O)c1ccc(C(=O)NC2CCNCC2)cc1.Cl. The summed E-state index contributed by atoms with van der Waals surface area (Å²) in [4.78, 5) is 12.2. The highest BCUT2D eigenvalue weighted by Gasteiger charge is 2.16. The van der Waals surface area contributed by atoms with Crippen LogP contribution in [0.15, 0.2) is 29.2 Å². The smallest absolute Gasteiger partial charge is 0.251 e. The molecule has 0 unspecified atom stereocenters. The van der Waals surface area contributed by atoms with E-state index in [2.05, 4.69) is 10.6 Å². The first-order valence-electron chi connectivity index (χ1n) is 6.28. The van der Waals surface area contributed by atoms with Gasteiger partial charge in [0.1, 0.15) is 0 Å². The van der Waals surface area contributed by atoms with Crippen molar-refractivity contribution in [3.8, 4) is 0 Å². The Bertz CT molecular complexity index is 551. The van der Waals surface area contributed by atoms with Gasteiger partial charge in [-0.15, -0.1) is 12.4 Å². The van der Waals surface area contributed by atoms with Crippen molar-refractivity contribution in [3.05, 3.63) is 29.8 Å². The van der Waals surface area contributed by atoms with E-state index in [0.29, 0.717) is 5.56 Å². The van der Waals surface area contributed by atoms with Gasteiger partial charge in [-0.25, -0.2) is 8.42 Å². The highest BCUT2D eigenvalue weighted by atomic mass is 35.5. The molecule has 2 rings (SSSR count). The average Bonchev–Trinajstić information content (AvgIpc) is 2.39. The Morgan fingerprint density at radius 3 is 2.25 bits per heavy atom. The lowest BCUT2D eigenvalue weighted by Crippen LogP contribution is -2.42. The summed E-state index contributed by atoms with van der Waals surface area (Å²) in [6.45, 7) is 1.83. The van der Waals surface area contributed by atoms with Crippen LogP contribution in [-0.2, 0) is 9.84 Å². The third-order valence-electron chi connectivity index (χ3n) is 3.22. The minimum atomic E-state index is -3.21. The number of hydrogen-bond donors (Lipinski definition) is 2. The normalized spacial score (nSPS) is 16.2. The van der Waals surface area contributed by atoms with E-state index in [9.17, 15) is 13.2 Å². The van der Waals surface area contributed by atoms with Gasteiger partial charge in [0.05, 0.1) is 4.90 Å². The van der Waals surface area contributed by atoms with Crippen molar-refractivity contribution in [3.63, 3.8) is 0 Å². The van der Waals surface area contributed by atoms with Gasteiger partial charge in [-0.05, 0) is 50.2 Å². The summed E-state index contributed by atoms with van der Waals surface area (Å²) in [7, 11) is -3.21. The lowest BCUT2D eigenvalue weighted by molar-refractivity contribution is 0.0929. The summed E-state index contributed by atoms with van der Waals surface area (Å²) in [6, 6.07) is 6.22. The molecule has 112 valence electrons. The Morgan fingerprint density at radius 1 is 1.20 bits per heavy atom. The Morgan fingerprint density at radius 2 is 1.75 bits per heavy atom. The number of sulfone groups is 1. The second-order valence-corrected chi connectivity index (χ2v) is 6.81. The third kappa shape index (κ3) is 4.47. The number of hydrogen-bond acceptors (Lipinski definition) is 4. The van der Waals surface area contributed by atoms with Crippen molar-refractivity contribution in [1.29, 1.82) is 0 Å². The molecule has 0 radical (unpaired) electrons. The molecule has 20 heavy (non-hydrogen) atoms. The van der Waals surface area contributed by atoms with Crippen LogP contribution in [0, 0.1) is 0 Å². The number of carbonyl (C=O) groups is 1. The fourth-order valence-electron chi connectivity index (χ4n) is 2.09. The molecule has 1 saturated heterocycles. The molecule has 1 aromatic carbocycles. The van der Waals surface area contributed by atoms with Crippen LogP contribution in [0.2, 0.25) is 0 Å². The minimum absolute atomic E-state index is 0. The number of benzene rings is 1. The van der Waals surface area contributed by atoms with Gasteiger partial charge in [0.25, 0.3) is 5.91 Å². The molecule has 1 heterocycles. The van der Waals surface area contributed by atoms with E-state index >= 15 is 0 Å². The number of nitrogens with one attached hydrogen (secondary N) is 2. The van der Waals surface area contributed by atoms with E-state index in [1.165, 1.54) is 12.1 Å². The zero-order chi connectivity index (χ0) is 13.9. The lowest BCUT2D eigenvalue weighted by Gasteiger charge is -2.23. The highest BCUT2D eigenvalue weighted by Crippen LogP contribution is 2.11. The first-order valence-corrected chi connectivity index (χ1v) is 8.17. The highest BCUT2D eigenvalue weighted by molar-refractivity contribution is 7.90. The fourth-order valence-corrected chi connectivity index (χ4v) is 2.72. The molecule has 7 heteroatoms. The van der Waals surface area contributed by atoms with Gasteiger partial charge in [-0.2, -0.15) is 0 Å². The monoisotopic (exact) mass is 318 g/mol. The molecule has 0 spiro atoms. The maximum absolute atomic E-state index is 12.0. The van der Waals surface area contributed by atoms with E-state index in [-0.39, 0.29) is 29.3 Å². The number of piperidine rings is 1. The standard InChI is InChI=1S/C13H18N2O3S.ClH/c1-19(17,18)12-4-2-10(3-5-12)13(16)15-11-6-8-14-9-7-11;/h2-5,11,14H,6-9H2,1H3,(H,15,16);1H. The van der Waals surface area contributed by atoms with Crippen molar-refractivity contribution < 1.29 is 13.2 Å². The fraction of sp³-hybridized carbons (Fsp3) is 0.462. The first-order chi connectivity index (χ1) is 8.97. The molecular formula is C13H19ClN2O3S. The summed E-state index contributed by atoms with van der Waals surface area (Å²) >= 11 is 0. The number of amides is 1. The van der Waals surface area contributed by atoms with Crippen LogP contribution in [0.4, 0.5) is 0 Å². The lowest BCUT2D eigenvalue weighted by atomic mass is 10.1. The maximum Gasteiger partial charge on any atom is 0.251 e. The Hall–Kier alpha value is -1.11. The van der Waals surface area contributed by atoms with E-state index < -0.39 is 9.84 Å². The molecule has 1 fully saturated rings. The Kier molecular flexibility index (Phi) is 5.98. The Labute approximate surface area is 125 Å². The molecule has 1 aromatic rings. The minimum Gasteiger partial charge on any atom is -0.349 e. The summed E-state index contributed by atoms with van der Waals surface area (Å²) in [5, 5.41) is 6.20. The van der Waals surface area contributed by atoms with Crippen molar-refractivity contribution in [2.24, 2.45) is 0 Å². The summed E-state index contributed by atoms with van der Waals surface area (Å²) in [5.74, 6) is -0.146. The number of carbonyl (C=O) groups excluding carboxylic acids is 1. The zero-order valence-electron chi connectivity index (χ0n) is 11.3. The molecule has 0 bridgehead atoms. The summed E-state index contributed by atoms with van der Waals surface area (Å²) in [5.41, 5.74) is 0.492. The second kappa shape index (κ2) is 7.06. The maximum atomic E-state index is 12.0. The molecule has 1 amide bonds. The topological polar surface area (TPSA) is 75.3 Å². The molecular weight excluding hydrogens is 300 g/mol. The van der Waals surface area contributed by atoms with Crippen LogP contribution < -0.4 is 10.6 Å². The zero-order valence-corrected chi connectivity index (χ0v) is 12.9. The number of halogens is 1. The van der Waals surface area contributed by atoms with Crippen LogP contribution in [-0.4, -0.2) is 39.7 Å². The van der Waals surface area contributed by atoms with Gasteiger partial charge in [-0.3, -0.25) is 4.79 Å². The van der Waals surface area contributed by atoms with Crippen LogP contribution in [0.3, 0.4) is 0 Å².